The third-order valence-electron chi connectivity index (χ3n) is 3.07. The lowest BCUT2D eigenvalue weighted by Gasteiger charge is -2.37. The van der Waals surface area contributed by atoms with Gasteiger partial charge in [0.05, 0.1) is 0 Å². The molecule has 1 saturated carbocycles. The molecule has 3 N–H and O–H groups in total. The summed E-state index contributed by atoms with van der Waals surface area (Å²) >= 11 is 0. The van der Waals surface area contributed by atoms with Crippen LogP contribution in [0.2, 0.25) is 0 Å². The summed E-state index contributed by atoms with van der Waals surface area (Å²) in [4.78, 5) is 10.7. The average Bonchev–Trinajstić information content (AvgIpc) is 2.16. The molecule has 3 nitrogen and oxygen atoms in total. The number of hydrogen-bond donors (Lipinski definition) is 2. The van der Waals surface area contributed by atoms with E-state index in [9.17, 15) is 18.0 Å². The lowest BCUT2D eigenvalue weighted by Crippen LogP contribution is -2.64. The number of alkyl halides is 3. The van der Waals surface area contributed by atoms with Gasteiger partial charge in [-0.2, -0.15) is 13.2 Å². The highest BCUT2D eigenvalue weighted by Gasteiger charge is 2.62. The lowest BCUT2D eigenvalue weighted by atomic mass is 9.74. The van der Waals surface area contributed by atoms with Crippen LogP contribution in [0.3, 0.4) is 0 Å². The van der Waals surface area contributed by atoms with Crippen LogP contribution in [0.4, 0.5) is 13.2 Å². The standard InChI is InChI=1S/C9H14F3NO2/c10-9(11,12)8(13,7(14)15)6-4-2-1-3-5-6/h6H,1-5,13H2,(H,14,15). The Bertz CT molecular complexity index is 248. The minimum Gasteiger partial charge on any atom is -0.480 e. The highest BCUT2D eigenvalue weighted by molar-refractivity contribution is 5.80. The van der Waals surface area contributed by atoms with Gasteiger partial charge in [0.25, 0.3) is 0 Å². The van der Waals surface area contributed by atoms with Gasteiger partial charge in [0, 0.05) is 0 Å². The first kappa shape index (κ1) is 12.3. The first-order chi connectivity index (χ1) is 6.80. The zero-order chi connectivity index (χ0) is 11.7. The quantitative estimate of drug-likeness (QED) is 0.754. The monoisotopic (exact) mass is 225 g/mol. The molecule has 0 heterocycles. The molecule has 1 unspecified atom stereocenters. The Hall–Kier alpha value is -0.780. The van der Waals surface area contributed by atoms with Gasteiger partial charge in [-0.05, 0) is 18.8 Å². The summed E-state index contributed by atoms with van der Waals surface area (Å²) in [5.41, 5.74) is 1.99. The molecular formula is C9H14F3NO2. The van der Waals surface area contributed by atoms with Gasteiger partial charge in [-0.15, -0.1) is 0 Å². The average molecular weight is 225 g/mol. The van der Waals surface area contributed by atoms with Gasteiger partial charge < -0.3 is 10.8 Å². The normalized spacial score (nSPS) is 23.5. The number of aliphatic carboxylic acids is 1. The molecule has 0 aliphatic heterocycles. The molecule has 6 heteroatoms. The van der Waals surface area contributed by atoms with E-state index < -0.39 is 23.6 Å². The fraction of sp³-hybridized carbons (Fsp3) is 0.889. The fourth-order valence-electron chi connectivity index (χ4n) is 2.09. The van der Waals surface area contributed by atoms with Gasteiger partial charge in [0.15, 0.2) is 0 Å². The van der Waals surface area contributed by atoms with Crippen LogP contribution < -0.4 is 5.73 Å². The molecule has 1 atom stereocenters. The molecule has 0 spiro atoms. The Morgan fingerprint density at radius 2 is 1.67 bits per heavy atom. The van der Waals surface area contributed by atoms with E-state index in [4.69, 9.17) is 10.8 Å². The molecule has 0 radical (unpaired) electrons. The van der Waals surface area contributed by atoms with E-state index in [-0.39, 0.29) is 12.8 Å². The van der Waals surface area contributed by atoms with Crippen LogP contribution >= 0.6 is 0 Å². The second-order valence-corrected chi connectivity index (χ2v) is 4.01. The first-order valence-electron chi connectivity index (χ1n) is 4.89. The highest BCUT2D eigenvalue weighted by Crippen LogP contribution is 2.41. The molecule has 1 aliphatic rings. The number of rotatable bonds is 2. The third-order valence-corrected chi connectivity index (χ3v) is 3.07. The van der Waals surface area contributed by atoms with Crippen LogP contribution in [0.15, 0.2) is 0 Å². The van der Waals surface area contributed by atoms with Crippen molar-refractivity contribution in [1.29, 1.82) is 0 Å². The zero-order valence-electron chi connectivity index (χ0n) is 8.18. The number of carbonyl (C=O) groups is 1. The van der Waals surface area contributed by atoms with E-state index in [0.717, 1.165) is 6.42 Å². The van der Waals surface area contributed by atoms with E-state index in [2.05, 4.69) is 0 Å². The van der Waals surface area contributed by atoms with E-state index in [1.54, 1.807) is 0 Å². The van der Waals surface area contributed by atoms with Gasteiger partial charge in [0.1, 0.15) is 0 Å². The van der Waals surface area contributed by atoms with Crippen molar-refractivity contribution < 1.29 is 23.1 Å². The van der Waals surface area contributed by atoms with Crippen LogP contribution in [0, 0.1) is 5.92 Å². The Balaban J connectivity index is 2.94. The summed E-state index contributed by atoms with van der Waals surface area (Å²) in [6.45, 7) is 0. The van der Waals surface area contributed by atoms with Crippen LogP contribution in [-0.2, 0) is 4.79 Å². The maximum atomic E-state index is 12.6. The molecule has 1 fully saturated rings. The molecule has 15 heavy (non-hydrogen) atoms. The first-order valence-corrected chi connectivity index (χ1v) is 4.89. The summed E-state index contributed by atoms with van der Waals surface area (Å²) in [5.74, 6) is -2.97. The second-order valence-electron chi connectivity index (χ2n) is 4.01. The Kier molecular flexibility index (Phi) is 3.28. The van der Waals surface area contributed by atoms with Crippen molar-refractivity contribution in [3.05, 3.63) is 0 Å². The molecule has 0 aromatic carbocycles. The van der Waals surface area contributed by atoms with Gasteiger partial charge in [-0.25, -0.2) is 4.79 Å². The maximum absolute atomic E-state index is 12.6. The molecule has 0 aromatic heterocycles. The van der Waals surface area contributed by atoms with E-state index >= 15 is 0 Å². The van der Waals surface area contributed by atoms with Crippen molar-refractivity contribution in [1.82, 2.24) is 0 Å². The van der Waals surface area contributed by atoms with Crippen molar-refractivity contribution in [2.24, 2.45) is 11.7 Å². The minimum absolute atomic E-state index is 0.238. The van der Waals surface area contributed by atoms with Crippen LogP contribution in [-0.4, -0.2) is 22.8 Å². The summed E-state index contributed by atoms with van der Waals surface area (Å²) in [6.07, 6.45) is -2.32. The predicted octanol–water partition coefficient (Wildman–Crippen LogP) is 1.91. The molecule has 0 bridgehead atoms. The lowest BCUT2D eigenvalue weighted by molar-refractivity contribution is -0.215. The van der Waals surface area contributed by atoms with Crippen LogP contribution in [0.5, 0.6) is 0 Å². The van der Waals surface area contributed by atoms with Gasteiger partial charge in [-0.3, -0.25) is 0 Å². The molecule has 88 valence electrons. The number of nitrogens with two attached hydrogens (primary N) is 1. The van der Waals surface area contributed by atoms with Crippen molar-refractivity contribution in [2.75, 3.05) is 0 Å². The molecule has 1 aliphatic carbocycles. The van der Waals surface area contributed by atoms with Gasteiger partial charge in [-0.1, -0.05) is 19.3 Å². The number of carboxylic acids is 1. The topological polar surface area (TPSA) is 63.3 Å². The smallest absolute Gasteiger partial charge is 0.417 e. The van der Waals surface area contributed by atoms with Crippen molar-refractivity contribution in [3.63, 3.8) is 0 Å². The highest BCUT2D eigenvalue weighted by atomic mass is 19.4. The molecule has 1 rings (SSSR count). The second kappa shape index (κ2) is 4.00. The van der Waals surface area contributed by atoms with Crippen LogP contribution in [0.1, 0.15) is 32.1 Å². The van der Waals surface area contributed by atoms with Crippen molar-refractivity contribution in [3.8, 4) is 0 Å². The van der Waals surface area contributed by atoms with E-state index in [1.165, 1.54) is 0 Å². The number of hydrogen-bond acceptors (Lipinski definition) is 2. The molecule has 0 saturated heterocycles. The Labute approximate surface area is 85.4 Å². The Morgan fingerprint density at radius 3 is 2.00 bits per heavy atom. The van der Waals surface area contributed by atoms with Gasteiger partial charge in [0.2, 0.25) is 5.54 Å². The zero-order valence-corrected chi connectivity index (χ0v) is 8.18. The summed E-state index contributed by atoms with van der Waals surface area (Å²) < 4.78 is 37.9. The molecule has 0 aromatic rings. The van der Waals surface area contributed by atoms with E-state index in [1.807, 2.05) is 0 Å². The Morgan fingerprint density at radius 1 is 1.20 bits per heavy atom. The summed E-state index contributed by atoms with van der Waals surface area (Å²) in [7, 11) is 0. The summed E-state index contributed by atoms with van der Waals surface area (Å²) in [6, 6.07) is 0. The fourth-order valence-corrected chi connectivity index (χ4v) is 2.09. The minimum atomic E-state index is -4.89. The van der Waals surface area contributed by atoms with Gasteiger partial charge >= 0.3 is 12.1 Å². The van der Waals surface area contributed by atoms with Crippen molar-refractivity contribution in [2.45, 2.75) is 43.8 Å². The number of halogens is 3. The van der Waals surface area contributed by atoms with Crippen LogP contribution in [0.25, 0.3) is 0 Å². The van der Waals surface area contributed by atoms with Crippen molar-refractivity contribution >= 4 is 5.97 Å². The summed E-state index contributed by atoms with van der Waals surface area (Å²) in [5, 5.41) is 8.68. The van der Waals surface area contributed by atoms with E-state index in [0.29, 0.717) is 12.8 Å². The maximum Gasteiger partial charge on any atom is 0.417 e. The largest absolute Gasteiger partial charge is 0.480 e. The number of carboxylic acid groups (broad SMARTS) is 1. The molecular weight excluding hydrogens is 211 g/mol. The molecule has 0 amide bonds. The third kappa shape index (κ3) is 2.09. The SMILES string of the molecule is NC(C(=O)O)(C1CCCCC1)C(F)(F)F. The predicted molar refractivity (Wildman–Crippen MR) is 47.2 cm³/mol.